The van der Waals surface area contributed by atoms with Crippen molar-refractivity contribution in [2.24, 2.45) is 41.4 Å². The Kier molecular flexibility index (Phi) is 32.3. The third-order valence-electron chi connectivity index (χ3n) is 16.4. The van der Waals surface area contributed by atoms with E-state index in [4.69, 9.17) is 0 Å². The van der Waals surface area contributed by atoms with E-state index >= 15 is 9.59 Å². The summed E-state index contributed by atoms with van der Waals surface area (Å²) in [5, 5.41) is 23.2. The molecular weight excluding hydrogens is 1100 g/mol. The first kappa shape index (κ1) is 77.9. The predicted octanol–water partition coefficient (Wildman–Crippen LogP) is 3.66. The first-order valence-corrected chi connectivity index (χ1v) is 31.1. The summed E-state index contributed by atoms with van der Waals surface area (Å²) < 4.78 is 0. The lowest BCUT2D eigenvalue weighted by molar-refractivity contribution is -0.157. The van der Waals surface area contributed by atoms with Crippen LogP contribution in [0.15, 0.2) is 12.2 Å². The SMILES string of the molecule is CC=CCC(C)C(O)C1C(=O)NC(CC)C(=O)N(C)CC(=O)N(C)C(CC(C)C)C(=O)NC(C(C)C)C(=O)N(C)C(CC(C)C)C(=O)NC(CC)C(=O)NC(C)C(=O)N(C)C(CC(C)C)C(=O)N(C)C(CC(C)C)C(=O)N(C)C(C(C)C)C(=O)N1C. The van der Waals surface area contributed by atoms with Crippen LogP contribution in [-0.4, -0.2) is 227 Å². The molecule has 12 unspecified atom stereocenters. The number of carbonyl (C=O) groups excluding carboxylic acids is 11. The molecule has 0 aromatic heterocycles. The van der Waals surface area contributed by atoms with E-state index in [0.29, 0.717) is 6.42 Å². The molecule has 492 valence electrons. The molecule has 1 saturated heterocycles. The van der Waals surface area contributed by atoms with Gasteiger partial charge in [0.2, 0.25) is 65.0 Å². The van der Waals surface area contributed by atoms with Gasteiger partial charge in [-0.05, 0) is 100 Å². The number of nitrogens with one attached hydrogen (secondary N) is 4. The van der Waals surface area contributed by atoms with Crippen molar-refractivity contribution in [2.75, 3.05) is 55.9 Å². The van der Waals surface area contributed by atoms with Gasteiger partial charge in [-0.2, -0.15) is 0 Å². The molecule has 5 N–H and O–H groups in total. The molecule has 0 aliphatic carbocycles. The average Bonchev–Trinajstić information content (AvgIpc) is 2.32. The van der Waals surface area contributed by atoms with Crippen molar-refractivity contribution in [1.82, 2.24) is 55.6 Å². The number of hydrogen-bond donors (Lipinski definition) is 5. The Hall–Kier alpha value is -6.13. The summed E-state index contributed by atoms with van der Waals surface area (Å²) >= 11 is 0. The first-order valence-electron chi connectivity index (χ1n) is 31.1. The molecule has 1 aliphatic heterocycles. The lowest BCUT2D eigenvalue weighted by Crippen LogP contribution is -2.63. The summed E-state index contributed by atoms with van der Waals surface area (Å²) in [5.74, 6) is -9.64. The van der Waals surface area contributed by atoms with Gasteiger partial charge in [0, 0.05) is 49.3 Å². The highest BCUT2D eigenvalue weighted by Crippen LogP contribution is 2.26. The largest absolute Gasteiger partial charge is 0.390 e. The van der Waals surface area contributed by atoms with Gasteiger partial charge in [-0.3, -0.25) is 52.7 Å². The van der Waals surface area contributed by atoms with E-state index in [9.17, 15) is 48.3 Å². The quantitative estimate of drug-likeness (QED) is 0.139. The van der Waals surface area contributed by atoms with Gasteiger partial charge in [-0.1, -0.05) is 116 Å². The van der Waals surface area contributed by atoms with Crippen LogP contribution in [0.2, 0.25) is 0 Å². The van der Waals surface area contributed by atoms with Crippen LogP contribution in [0, 0.1) is 41.4 Å². The molecule has 0 spiro atoms. The number of carbonyl (C=O) groups is 11. The number of hydrogen-bond acceptors (Lipinski definition) is 12. The van der Waals surface area contributed by atoms with E-state index < -0.39 is 156 Å². The molecule has 0 aromatic carbocycles. The van der Waals surface area contributed by atoms with Gasteiger partial charge in [-0.15, -0.1) is 0 Å². The minimum Gasteiger partial charge on any atom is -0.390 e. The van der Waals surface area contributed by atoms with E-state index in [0.717, 1.165) is 9.80 Å². The Morgan fingerprint density at radius 2 is 0.860 bits per heavy atom. The second kappa shape index (κ2) is 35.6. The van der Waals surface area contributed by atoms with Crippen molar-refractivity contribution in [3.05, 3.63) is 12.2 Å². The zero-order chi connectivity index (χ0) is 66.7. The highest BCUT2D eigenvalue weighted by Gasteiger charge is 2.46. The standard InChI is InChI=1S/C63H113N11O12/c1-25-28-29-41(16)53(76)52-57(80)66-44(27-3)59(82)68(18)34-49(75)69(19)45(30-35(4)5)56(79)67-50(39(12)13)62(85)70(20)46(31-36(6)7)55(78)65-43(26-2)54(77)64-42(17)58(81)71(21)47(32-37(8)9)60(83)72(22)48(33-38(10)11)61(84)73(23)51(40(14)15)63(86)74(52)24/h25,28,35-48,50-53,76H,26-27,29-34H2,1-24H3,(H,64,77)(H,65,78)(H,66,80)(H,67,79). The second-order valence-electron chi connectivity index (χ2n) is 26.3. The number of nitrogens with zero attached hydrogens (tertiary/aromatic N) is 7. The number of aliphatic hydroxyl groups is 1. The molecule has 0 radical (unpaired) electrons. The van der Waals surface area contributed by atoms with Gasteiger partial charge >= 0.3 is 0 Å². The van der Waals surface area contributed by atoms with E-state index in [2.05, 4.69) is 21.3 Å². The van der Waals surface area contributed by atoms with Gasteiger partial charge in [0.25, 0.3) is 0 Å². The maximum absolute atomic E-state index is 15.1. The molecule has 11 amide bonds. The summed E-state index contributed by atoms with van der Waals surface area (Å²) in [6.45, 7) is 29.6. The minimum absolute atomic E-state index is 0.0230. The van der Waals surface area contributed by atoms with Crippen LogP contribution >= 0.6 is 0 Å². The third-order valence-corrected chi connectivity index (χ3v) is 16.4. The fourth-order valence-electron chi connectivity index (χ4n) is 10.9. The summed E-state index contributed by atoms with van der Waals surface area (Å²) in [5.41, 5.74) is 0. The van der Waals surface area contributed by atoms with E-state index in [-0.39, 0.29) is 62.2 Å². The van der Waals surface area contributed by atoms with Crippen molar-refractivity contribution in [3.63, 3.8) is 0 Å². The van der Waals surface area contributed by atoms with Crippen LogP contribution in [0.3, 0.4) is 0 Å². The molecule has 23 nitrogen and oxygen atoms in total. The summed E-state index contributed by atoms with van der Waals surface area (Å²) in [6, 6.07) is -12.3. The van der Waals surface area contributed by atoms with Gasteiger partial charge in [0.1, 0.15) is 60.4 Å². The molecule has 0 aromatic rings. The highest BCUT2D eigenvalue weighted by atomic mass is 16.3. The Morgan fingerprint density at radius 3 is 1.30 bits per heavy atom. The molecule has 0 bridgehead atoms. The summed E-state index contributed by atoms with van der Waals surface area (Å²) in [6.07, 6.45) is 3.14. The topological polar surface area (TPSA) is 279 Å². The molecular formula is C63H113N11O12. The number of likely N-dealkylation sites (N-methyl/N-ethyl adjacent to an activating group) is 7. The number of rotatable bonds is 16. The molecule has 12 atom stereocenters. The molecule has 0 saturated carbocycles. The summed E-state index contributed by atoms with van der Waals surface area (Å²) in [7, 11) is 9.95. The first-order chi connectivity index (χ1) is 39.7. The normalized spacial score (nSPS) is 26.7. The van der Waals surface area contributed by atoms with Crippen LogP contribution in [0.1, 0.15) is 163 Å². The van der Waals surface area contributed by atoms with E-state index in [1.165, 1.54) is 80.8 Å². The molecule has 1 fully saturated rings. The van der Waals surface area contributed by atoms with E-state index in [1.54, 1.807) is 61.5 Å². The maximum atomic E-state index is 15.1. The monoisotopic (exact) mass is 1220 g/mol. The lowest BCUT2D eigenvalue weighted by atomic mass is 9.91. The van der Waals surface area contributed by atoms with Gasteiger partial charge in [-0.25, -0.2) is 0 Å². The van der Waals surface area contributed by atoms with Crippen LogP contribution in [0.25, 0.3) is 0 Å². The van der Waals surface area contributed by atoms with Gasteiger partial charge in [0.15, 0.2) is 0 Å². The molecule has 86 heavy (non-hydrogen) atoms. The fraction of sp³-hybridized carbons (Fsp3) is 0.794. The predicted molar refractivity (Wildman–Crippen MR) is 333 cm³/mol. The van der Waals surface area contributed by atoms with Crippen molar-refractivity contribution in [1.29, 1.82) is 0 Å². The Balaban J connectivity index is 4.36. The van der Waals surface area contributed by atoms with Crippen LogP contribution < -0.4 is 21.3 Å². The van der Waals surface area contributed by atoms with Crippen molar-refractivity contribution < 1.29 is 57.8 Å². The molecule has 1 rings (SSSR count). The second-order valence-corrected chi connectivity index (χ2v) is 26.3. The fourth-order valence-corrected chi connectivity index (χ4v) is 10.9. The van der Waals surface area contributed by atoms with Crippen molar-refractivity contribution in [2.45, 2.75) is 229 Å². The van der Waals surface area contributed by atoms with Crippen molar-refractivity contribution in [3.8, 4) is 0 Å². The smallest absolute Gasteiger partial charge is 0.246 e. The Labute approximate surface area is 515 Å². The molecule has 23 heteroatoms. The zero-order valence-electron chi connectivity index (χ0n) is 56.8. The van der Waals surface area contributed by atoms with Crippen LogP contribution in [0.4, 0.5) is 0 Å². The number of allylic oxidation sites excluding steroid dienone is 2. The van der Waals surface area contributed by atoms with Crippen LogP contribution in [0.5, 0.6) is 0 Å². The summed E-state index contributed by atoms with van der Waals surface area (Å²) in [4.78, 5) is 169. The van der Waals surface area contributed by atoms with Gasteiger partial charge in [0.05, 0.1) is 12.6 Å². The van der Waals surface area contributed by atoms with Crippen molar-refractivity contribution >= 4 is 65.0 Å². The minimum atomic E-state index is -1.61. The highest BCUT2D eigenvalue weighted by molar-refractivity contribution is 5.99. The number of aliphatic hydroxyl groups excluding tert-OH is 1. The zero-order valence-corrected chi connectivity index (χ0v) is 56.8. The lowest BCUT2D eigenvalue weighted by Gasteiger charge is -2.41. The molecule has 1 heterocycles. The maximum Gasteiger partial charge on any atom is 0.246 e. The van der Waals surface area contributed by atoms with E-state index in [1.807, 2.05) is 61.5 Å². The van der Waals surface area contributed by atoms with Gasteiger partial charge < -0.3 is 60.7 Å². The Morgan fingerprint density at radius 1 is 0.453 bits per heavy atom. The third kappa shape index (κ3) is 21.6. The Bertz CT molecular complexity index is 2340. The average molecular weight is 1220 g/mol. The number of amides is 11. The molecule has 1 aliphatic rings. The van der Waals surface area contributed by atoms with Crippen LogP contribution in [-0.2, 0) is 52.7 Å².